The molecule has 1 unspecified atom stereocenters. The second-order valence-corrected chi connectivity index (χ2v) is 5.93. The van der Waals surface area contributed by atoms with Crippen LogP contribution in [0, 0.1) is 0 Å². The van der Waals surface area contributed by atoms with E-state index in [9.17, 15) is 9.00 Å². The predicted molar refractivity (Wildman–Crippen MR) is 75.1 cm³/mol. The number of hydrogen-bond acceptors (Lipinski definition) is 2. The first kappa shape index (κ1) is 13.0. The van der Waals surface area contributed by atoms with Crippen LogP contribution in [0.2, 0.25) is 0 Å². The Morgan fingerprint density at radius 3 is 2.56 bits per heavy atom. The molecule has 0 saturated carbocycles. The van der Waals surface area contributed by atoms with Crippen molar-refractivity contribution in [3.63, 3.8) is 0 Å². The first-order valence-corrected chi connectivity index (χ1v) is 7.35. The smallest absolute Gasteiger partial charge is 0.129 e. The van der Waals surface area contributed by atoms with E-state index in [0.29, 0.717) is 18.6 Å². The zero-order valence-corrected chi connectivity index (χ0v) is 11.2. The van der Waals surface area contributed by atoms with Crippen LogP contribution >= 0.6 is 0 Å². The fourth-order valence-electron chi connectivity index (χ4n) is 1.88. The molecule has 0 aliphatic carbocycles. The summed E-state index contributed by atoms with van der Waals surface area (Å²) < 4.78 is 12.1. The van der Waals surface area contributed by atoms with Crippen LogP contribution in [0.3, 0.4) is 0 Å². The van der Waals surface area contributed by atoms with Gasteiger partial charge in [0.05, 0.1) is 10.8 Å². The van der Waals surface area contributed by atoms with Gasteiger partial charge in [0.15, 0.2) is 0 Å². The lowest BCUT2D eigenvalue weighted by molar-refractivity contribution is -0.117. The van der Waals surface area contributed by atoms with E-state index < -0.39 is 10.8 Å². The van der Waals surface area contributed by atoms with E-state index in [2.05, 4.69) is 0 Å². The normalized spacial score (nSPS) is 12.5. The van der Waals surface area contributed by atoms with E-state index in [4.69, 9.17) is 0 Å². The molecule has 0 bridgehead atoms. The minimum absolute atomic E-state index is 0.158. The Hall–Kier alpha value is -1.48. The van der Waals surface area contributed by atoms with Crippen LogP contribution in [0.15, 0.2) is 47.4 Å². The quantitative estimate of drug-likeness (QED) is 0.826. The number of fused-ring (bicyclic) bond motifs is 1. The van der Waals surface area contributed by atoms with Crippen LogP contribution in [0.4, 0.5) is 0 Å². The number of carbonyl (C=O) groups is 1. The molecule has 0 saturated heterocycles. The summed E-state index contributed by atoms with van der Waals surface area (Å²) in [6.07, 6.45) is 1.20. The molecular formula is C15H16O2S. The molecule has 1 atom stereocenters. The number of Topliss-reactive ketones (excluding diaryl/α,β-unsaturated/α-hetero) is 1. The third-order valence-corrected chi connectivity index (χ3v) is 4.28. The van der Waals surface area contributed by atoms with Gasteiger partial charge in [-0.25, -0.2) is 0 Å². The van der Waals surface area contributed by atoms with E-state index in [1.54, 1.807) is 6.92 Å². The summed E-state index contributed by atoms with van der Waals surface area (Å²) in [4.78, 5) is 11.7. The van der Waals surface area contributed by atoms with E-state index in [1.165, 1.54) is 0 Å². The number of hydrogen-bond donors (Lipinski definition) is 0. The summed E-state index contributed by atoms with van der Waals surface area (Å²) in [7, 11) is -1.01. The maximum Gasteiger partial charge on any atom is 0.129 e. The van der Waals surface area contributed by atoms with Crippen LogP contribution in [-0.2, 0) is 15.6 Å². The summed E-state index contributed by atoms with van der Waals surface area (Å²) in [5.41, 5.74) is 0. The van der Waals surface area contributed by atoms with Crippen molar-refractivity contribution < 1.29 is 9.00 Å². The zero-order valence-electron chi connectivity index (χ0n) is 10.4. The lowest BCUT2D eigenvalue weighted by atomic mass is 10.1. The van der Waals surface area contributed by atoms with E-state index in [0.717, 1.165) is 15.7 Å². The van der Waals surface area contributed by atoms with Crippen LogP contribution in [-0.4, -0.2) is 15.7 Å². The highest BCUT2D eigenvalue weighted by molar-refractivity contribution is 7.85. The number of rotatable bonds is 5. The van der Waals surface area contributed by atoms with Crippen molar-refractivity contribution in [1.82, 2.24) is 0 Å². The molecule has 0 amide bonds. The van der Waals surface area contributed by atoms with Gasteiger partial charge in [0.2, 0.25) is 0 Å². The van der Waals surface area contributed by atoms with Gasteiger partial charge < -0.3 is 4.79 Å². The molecule has 94 valence electrons. The Balaban J connectivity index is 2.10. The van der Waals surface area contributed by atoms with Gasteiger partial charge in [-0.05, 0) is 36.2 Å². The highest BCUT2D eigenvalue weighted by Crippen LogP contribution is 2.18. The summed E-state index contributed by atoms with van der Waals surface area (Å²) in [6, 6.07) is 13.9. The van der Waals surface area contributed by atoms with Gasteiger partial charge in [-0.1, -0.05) is 30.3 Å². The summed E-state index contributed by atoms with van der Waals surface area (Å²) in [5.74, 6) is 0.711. The third kappa shape index (κ3) is 3.26. The Morgan fingerprint density at radius 1 is 1.11 bits per heavy atom. The van der Waals surface area contributed by atoms with Gasteiger partial charge in [-0.2, -0.15) is 0 Å². The summed E-state index contributed by atoms with van der Waals surface area (Å²) >= 11 is 0. The molecule has 0 heterocycles. The monoisotopic (exact) mass is 260 g/mol. The van der Waals surface area contributed by atoms with Crippen molar-refractivity contribution >= 4 is 27.4 Å². The summed E-state index contributed by atoms with van der Waals surface area (Å²) in [6.45, 7) is 1.57. The molecule has 0 aromatic heterocycles. The molecule has 2 rings (SSSR count). The molecule has 2 nitrogen and oxygen atoms in total. The Labute approximate surface area is 109 Å². The number of carbonyl (C=O) groups excluding carboxylic acids is 1. The molecule has 0 spiro atoms. The molecule has 0 radical (unpaired) electrons. The van der Waals surface area contributed by atoms with Gasteiger partial charge in [0, 0.05) is 17.1 Å². The molecule has 0 fully saturated rings. The summed E-state index contributed by atoms with van der Waals surface area (Å²) in [5, 5.41) is 2.26. The van der Waals surface area contributed by atoms with Crippen molar-refractivity contribution in [2.24, 2.45) is 0 Å². The molecule has 0 N–H and O–H groups in total. The molecule has 3 heteroatoms. The van der Waals surface area contributed by atoms with E-state index in [-0.39, 0.29) is 5.78 Å². The molecule has 2 aromatic carbocycles. The Morgan fingerprint density at radius 2 is 1.83 bits per heavy atom. The fraction of sp³-hybridized carbons (Fsp3) is 0.267. The minimum atomic E-state index is -1.01. The molecule has 2 aromatic rings. The average Bonchev–Trinajstić information content (AvgIpc) is 2.37. The Kier molecular flexibility index (Phi) is 4.26. The highest BCUT2D eigenvalue weighted by Gasteiger charge is 2.05. The van der Waals surface area contributed by atoms with Crippen molar-refractivity contribution in [3.8, 4) is 0 Å². The predicted octanol–water partition coefficient (Wildman–Crippen LogP) is 3.32. The maximum absolute atomic E-state index is 12.1. The zero-order chi connectivity index (χ0) is 13.0. The first-order valence-electron chi connectivity index (χ1n) is 6.03. The van der Waals surface area contributed by atoms with Crippen molar-refractivity contribution in [2.45, 2.75) is 24.7 Å². The van der Waals surface area contributed by atoms with Crippen LogP contribution < -0.4 is 0 Å². The van der Waals surface area contributed by atoms with Crippen molar-refractivity contribution in [3.05, 3.63) is 42.5 Å². The first-order chi connectivity index (χ1) is 8.66. The maximum atomic E-state index is 12.1. The van der Waals surface area contributed by atoms with Crippen LogP contribution in [0.1, 0.15) is 19.8 Å². The molecule has 0 aliphatic heterocycles. The van der Waals surface area contributed by atoms with E-state index in [1.807, 2.05) is 42.5 Å². The molecule has 18 heavy (non-hydrogen) atoms. The lowest BCUT2D eigenvalue weighted by Crippen LogP contribution is -2.00. The third-order valence-electron chi connectivity index (χ3n) is 2.84. The van der Waals surface area contributed by atoms with E-state index >= 15 is 0 Å². The van der Waals surface area contributed by atoms with Gasteiger partial charge in [-0.15, -0.1) is 0 Å². The number of benzene rings is 2. The standard InChI is InChI=1S/C15H16O2S/c1-12(16)5-4-10-18(17)15-9-8-13-6-2-3-7-14(13)11-15/h2-3,6-9,11H,4-5,10H2,1H3. The number of ketones is 1. The fourth-order valence-corrected chi connectivity index (χ4v) is 3.00. The van der Waals surface area contributed by atoms with Gasteiger partial charge >= 0.3 is 0 Å². The highest BCUT2D eigenvalue weighted by atomic mass is 32.2. The second kappa shape index (κ2) is 5.91. The van der Waals surface area contributed by atoms with Gasteiger partial charge in [0.25, 0.3) is 0 Å². The van der Waals surface area contributed by atoms with Crippen LogP contribution in [0.25, 0.3) is 10.8 Å². The van der Waals surface area contributed by atoms with Crippen molar-refractivity contribution in [2.75, 3.05) is 5.75 Å². The van der Waals surface area contributed by atoms with Gasteiger partial charge in [0.1, 0.15) is 5.78 Å². The van der Waals surface area contributed by atoms with Gasteiger partial charge in [-0.3, -0.25) is 4.21 Å². The topological polar surface area (TPSA) is 34.1 Å². The molecular weight excluding hydrogens is 244 g/mol. The SMILES string of the molecule is CC(=O)CCCS(=O)c1ccc2ccccc2c1. The largest absolute Gasteiger partial charge is 0.300 e. The van der Waals surface area contributed by atoms with Crippen molar-refractivity contribution in [1.29, 1.82) is 0 Å². The molecule has 0 aliphatic rings. The Bertz CT molecular complexity index is 590. The van der Waals surface area contributed by atoms with Crippen LogP contribution in [0.5, 0.6) is 0 Å². The average molecular weight is 260 g/mol. The minimum Gasteiger partial charge on any atom is -0.300 e. The second-order valence-electron chi connectivity index (χ2n) is 4.36. The lowest BCUT2D eigenvalue weighted by Gasteiger charge is -2.03.